The van der Waals surface area contributed by atoms with Crippen molar-refractivity contribution < 1.29 is 23.9 Å². The maximum absolute atomic E-state index is 12.2. The average Bonchev–Trinajstić information content (AvgIpc) is 2.59. The van der Waals surface area contributed by atoms with E-state index < -0.39 is 24.0 Å². The van der Waals surface area contributed by atoms with Crippen LogP contribution in [-0.2, 0) is 14.3 Å². The number of ether oxygens (including phenoxy) is 2. The molecule has 0 aliphatic carbocycles. The van der Waals surface area contributed by atoms with Crippen LogP contribution < -0.4 is 10.6 Å². The highest BCUT2D eigenvalue weighted by Crippen LogP contribution is 2.17. The SMILES string of the molecule is CCOC(=O)C1=C(COC(=O)c2cnccn2)NC(=O)N[C@H]1CC. The lowest BCUT2D eigenvalue weighted by molar-refractivity contribution is -0.139. The van der Waals surface area contributed by atoms with Crippen molar-refractivity contribution in [1.82, 2.24) is 20.6 Å². The molecule has 0 aromatic carbocycles. The highest BCUT2D eigenvalue weighted by Gasteiger charge is 2.32. The first-order valence-corrected chi connectivity index (χ1v) is 7.47. The Balaban J connectivity index is 2.19. The van der Waals surface area contributed by atoms with Crippen molar-refractivity contribution in [3.8, 4) is 0 Å². The second-order valence-electron chi connectivity index (χ2n) is 4.84. The van der Waals surface area contributed by atoms with E-state index in [-0.39, 0.29) is 30.2 Å². The molecule has 2 N–H and O–H groups in total. The molecule has 0 fully saturated rings. The zero-order chi connectivity index (χ0) is 17.5. The molecule has 1 aliphatic rings. The summed E-state index contributed by atoms with van der Waals surface area (Å²) in [6.07, 6.45) is 4.54. The van der Waals surface area contributed by atoms with E-state index >= 15 is 0 Å². The van der Waals surface area contributed by atoms with Crippen LogP contribution in [0.4, 0.5) is 4.79 Å². The largest absolute Gasteiger partial charge is 0.463 e. The average molecular weight is 334 g/mol. The summed E-state index contributed by atoms with van der Waals surface area (Å²) in [5, 5.41) is 5.13. The quantitative estimate of drug-likeness (QED) is 0.729. The molecule has 2 heterocycles. The predicted molar refractivity (Wildman–Crippen MR) is 81.7 cm³/mol. The van der Waals surface area contributed by atoms with Crippen molar-refractivity contribution in [3.05, 3.63) is 35.6 Å². The van der Waals surface area contributed by atoms with Gasteiger partial charge in [0.2, 0.25) is 0 Å². The van der Waals surface area contributed by atoms with Gasteiger partial charge in [-0.15, -0.1) is 0 Å². The van der Waals surface area contributed by atoms with Crippen molar-refractivity contribution >= 4 is 18.0 Å². The third-order valence-electron chi connectivity index (χ3n) is 3.27. The molecule has 24 heavy (non-hydrogen) atoms. The number of amides is 2. The lowest BCUT2D eigenvalue weighted by Crippen LogP contribution is -2.51. The van der Waals surface area contributed by atoms with Crippen LogP contribution in [-0.4, -0.2) is 47.2 Å². The molecule has 0 spiro atoms. The van der Waals surface area contributed by atoms with E-state index in [0.717, 1.165) is 0 Å². The van der Waals surface area contributed by atoms with Crippen LogP contribution in [0.5, 0.6) is 0 Å². The highest BCUT2D eigenvalue weighted by atomic mass is 16.5. The number of urea groups is 1. The number of carbonyl (C=O) groups excluding carboxylic acids is 3. The van der Waals surface area contributed by atoms with Crippen molar-refractivity contribution in [2.45, 2.75) is 26.3 Å². The summed E-state index contributed by atoms with van der Waals surface area (Å²) in [6, 6.07) is -0.983. The van der Waals surface area contributed by atoms with Gasteiger partial charge >= 0.3 is 18.0 Å². The van der Waals surface area contributed by atoms with Crippen molar-refractivity contribution in [3.63, 3.8) is 0 Å². The summed E-state index contributed by atoms with van der Waals surface area (Å²) in [7, 11) is 0. The smallest absolute Gasteiger partial charge is 0.358 e. The molecular weight excluding hydrogens is 316 g/mol. The Kier molecular flexibility index (Phi) is 5.83. The van der Waals surface area contributed by atoms with Crippen molar-refractivity contribution in [2.75, 3.05) is 13.2 Å². The summed E-state index contributed by atoms with van der Waals surface area (Å²) in [5.74, 6) is -1.28. The van der Waals surface area contributed by atoms with E-state index in [9.17, 15) is 14.4 Å². The predicted octanol–water partition coefficient (Wildman–Crippen LogP) is 0.542. The molecule has 2 amide bonds. The Hall–Kier alpha value is -2.97. The van der Waals surface area contributed by atoms with Crippen LogP contribution >= 0.6 is 0 Å². The van der Waals surface area contributed by atoms with E-state index in [4.69, 9.17) is 9.47 Å². The normalized spacial score (nSPS) is 16.9. The molecule has 128 valence electrons. The fraction of sp³-hybridized carbons (Fsp3) is 0.400. The number of nitrogens with one attached hydrogen (secondary N) is 2. The highest BCUT2D eigenvalue weighted by molar-refractivity contribution is 5.95. The van der Waals surface area contributed by atoms with Crippen LogP contribution in [0.2, 0.25) is 0 Å². The zero-order valence-electron chi connectivity index (χ0n) is 13.4. The number of rotatable bonds is 6. The van der Waals surface area contributed by atoms with Gasteiger partial charge in [0.25, 0.3) is 0 Å². The Morgan fingerprint density at radius 2 is 2.00 bits per heavy atom. The molecule has 1 aliphatic heterocycles. The molecular formula is C15H18N4O5. The molecule has 1 atom stereocenters. The first-order valence-electron chi connectivity index (χ1n) is 7.47. The molecule has 0 unspecified atom stereocenters. The molecule has 9 nitrogen and oxygen atoms in total. The summed E-state index contributed by atoms with van der Waals surface area (Å²) >= 11 is 0. The maximum atomic E-state index is 12.2. The van der Waals surface area contributed by atoms with Crippen molar-refractivity contribution in [1.29, 1.82) is 0 Å². The number of aromatic nitrogens is 2. The third kappa shape index (κ3) is 4.06. The fourth-order valence-electron chi connectivity index (χ4n) is 2.19. The van der Waals surface area contributed by atoms with Gasteiger partial charge in [0.15, 0.2) is 5.69 Å². The zero-order valence-corrected chi connectivity index (χ0v) is 13.4. The fourth-order valence-corrected chi connectivity index (χ4v) is 2.19. The first kappa shape index (κ1) is 17.4. The van der Waals surface area contributed by atoms with E-state index in [2.05, 4.69) is 20.6 Å². The Morgan fingerprint density at radius 3 is 2.62 bits per heavy atom. The van der Waals surface area contributed by atoms with Gasteiger partial charge in [-0.1, -0.05) is 6.92 Å². The molecule has 1 aromatic heterocycles. The molecule has 1 aromatic rings. The second-order valence-corrected chi connectivity index (χ2v) is 4.84. The lowest BCUT2D eigenvalue weighted by Gasteiger charge is -2.28. The molecule has 2 rings (SSSR count). The van der Waals surface area contributed by atoms with E-state index in [0.29, 0.717) is 6.42 Å². The topological polar surface area (TPSA) is 120 Å². The van der Waals surface area contributed by atoms with Crippen LogP contribution in [0.1, 0.15) is 30.8 Å². The summed E-state index contributed by atoms with van der Waals surface area (Å²) < 4.78 is 10.1. The number of esters is 2. The van der Waals surface area contributed by atoms with Gasteiger partial charge in [0.1, 0.15) is 6.61 Å². The minimum atomic E-state index is -0.709. The molecule has 0 saturated heterocycles. The Labute approximate surface area is 138 Å². The third-order valence-corrected chi connectivity index (χ3v) is 3.27. The minimum absolute atomic E-state index is 0.0306. The van der Waals surface area contributed by atoms with Crippen LogP contribution in [0.25, 0.3) is 0 Å². The first-order chi connectivity index (χ1) is 11.6. The number of hydrogen-bond donors (Lipinski definition) is 2. The lowest BCUT2D eigenvalue weighted by atomic mass is 10.0. The van der Waals surface area contributed by atoms with Gasteiger partial charge < -0.3 is 20.1 Å². The van der Waals surface area contributed by atoms with Crippen LogP contribution in [0.3, 0.4) is 0 Å². The van der Waals surface area contributed by atoms with Gasteiger partial charge in [-0.2, -0.15) is 0 Å². The van der Waals surface area contributed by atoms with Crippen LogP contribution in [0, 0.1) is 0 Å². The van der Waals surface area contributed by atoms with Gasteiger partial charge in [-0.3, -0.25) is 4.98 Å². The maximum Gasteiger partial charge on any atom is 0.358 e. The molecule has 9 heteroatoms. The van der Waals surface area contributed by atoms with Gasteiger partial charge in [-0.25, -0.2) is 19.4 Å². The number of nitrogens with zero attached hydrogens (tertiary/aromatic N) is 2. The Bertz CT molecular complexity index is 659. The van der Waals surface area contributed by atoms with Crippen molar-refractivity contribution in [2.24, 2.45) is 0 Å². The molecule has 0 radical (unpaired) electrons. The molecule has 0 bridgehead atoms. The summed E-state index contributed by atoms with van der Waals surface area (Å²) in [4.78, 5) is 43.4. The number of carbonyl (C=O) groups is 3. The van der Waals surface area contributed by atoms with Gasteiger partial charge in [0, 0.05) is 12.4 Å². The van der Waals surface area contributed by atoms with Crippen LogP contribution in [0.15, 0.2) is 29.9 Å². The monoisotopic (exact) mass is 334 g/mol. The minimum Gasteiger partial charge on any atom is -0.463 e. The Morgan fingerprint density at radius 1 is 1.21 bits per heavy atom. The van der Waals surface area contributed by atoms with Gasteiger partial charge in [-0.05, 0) is 13.3 Å². The van der Waals surface area contributed by atoms with E-state index in [1.54, 1.807) is 6.92 Å². The summed E-state index contributed by atoms with van der Waals surface area (Å²) in [6.45, 7) is 3.41. The molecule has 0 saturated carbocycles. The van der Waals surface area contributed by atoms with Gasteiger partial charge in [0.05, 0.1) is 30.1 Å². The van der Waals surface area contributed by atoms with E-state index in [1.807, 2.05) is 6.92 Å². The second kappa shape index (κ2) is 8.04. The standard InChI is InChI=1S/C15H18N4O5/c1-3-9-12(14(21)23-4-2)11(19-15(22)18-9)8-24-13(20)10-7-16-5-6-17-10/h5-7,9H,3-4,8H2,1-2H3,(H2,18,19,22)/t9-/m0/s1. The summed E-state index contributed by atoms with van der Waals surface area (Å²) in [5.41, 5.74) is 0.468. The number of hydrogen-bond acceptors (Lipinski definition) is 7. The van der Waals surface area contributed by atoms with E-state index in [1.165, 1.54) is 18.6 Å².